The third-order valence-corrected chi connectivity index (χ3v) is 13.5. The molecule has 0 fully saturated rings. The van der Waals surface area contributed by atoms with Crippen LogP contribution in [0.1, 0.15) is 47.2 Å². The molecule has 0 aromatic heterocycles. The maximum Gasteiger partial charge on any atom is 0.0726 e. The van der Waals surface area contributed by atoms with Gasteiger partial charge >= 0.3 is 0 Å². The molecule has 3 aliphatic carbocycles. The zero-order chi connectivity index (χ0) is 39.3. The van der Waals surface area contributed by atoms with Crippen LogP contribution in [0.4, 0.5) is 17.1 Å². The van der Waals surface area contributed by atoms with Gasteiger partial charge in [-0.25, -0.2) is 0 Å². The molecule has 0 atom stereocenters. The molecule has 278 valence electrons. The van der Waals surface area contributed by atoms with Crippen molar-refractivity contribution in [2.75, 3.05) is 4.90 Å². The molecule has 1 spiro atoms. The van der Waals surface area contributed by atoms with Gasteiger partial charge in [-0.3, -0.25) is 0 Å². The zero-order valence-electron chi connectivity index (χ0n) is 33.2. The van der Waals surface area contributed by atoms with Crippen molar-refractivity contribution in [3.63, 3.8) is 0 Å². The summed E-state index contributed by atoms with van der Waals surface area (Å²) in [6.45, 7) is 4.78. The van der Waals surface area contributed by atoms with Gasteiger partial charge in [-0.05, 0) is 131 Å². The molecule has 0 unspecified atom stereocenters. The van der Waals surface area contributed by atoms with E-state index < -0.39 is 5.41 Å². The van der Waals surface area contributed by atoms with Gasteiger partial charge in [-0.2, -0.15) is 0 Å². The number of para-hydroxylation sites is 1. The van der Waals surface area contributed by atoms with E-state index in [1.54, 1.807) is 0 Å². The first-order valence-electron chi connectivity index (χ1n) is 20.8. The van der Waals surface area contributed by atoms with Crippen LogP contribution in [0.15, 0.2) is 212 Å². The summed E-state index contributed by atoms with van der Waals surface area (Å²) in [5.74, 6) is 0. The average molecular weight is 752 g/mol. The Labute approximate surface area is 346 Å². The first-order chi connectivity index (χ1) is 29.0. The fraction of sp³-hybridized carbons (Fsp3) is 0.0690. The molecule has 1 nitrogen and oxygen atoms in total. The predicted molar refractivity (Wildman–Crippen MR) is 246 cm³/mol. The van der Waals surface area contributed by atoms with Gasteiger partial charge in [-0.15, -0.1) is 0 Å². The number of fused-ring (bicyclic) bond motifs is 13. The zero-order valence-corrected chi connectivity index (χ0v) is 33.2. The highest BCUT2D eigenvalue weighted by atomic mass is 15.1. The van der Waals surface area contributed by atoms with E-state index in [0.717, 1.165) is 17.1 Å². The van der Waals surface area contributed by atoms with Gasteiger partial charge in [-0.1, -0.05) is 184 Å². The Morgan fingerprint density at radius 2 is 0.644 bits per heavy atom. The molecule has 0 N–H and O–H groups in total. The van der Waals surface area contributed by atoms with Gasteiger partial charge in [0.15, 0.2) is 0 Å². The van der Waals surface area contributed by atoms with Crippen molar-refractivity contribution in [1.82, 2.24) is 0 Å². The van der Waals surface area contributed by atoms with E-state index in [1.165, 1.54) is 89.0 Å². The standard InChI is InChI=1S/C58H41N/c1-57(2)54-35-41(40-27-25-39(26-28-40)38-15-5-3-6-16-38)29-32-48(54)49-33-30-43(36-55(49)57)59(42-17-7-4-8-18-42)44-31-34-50-47-21-11-14-24-53(47)58(56(50)37-44)51-22-12-9-19-45(51)46-20-10-13-23-52(46)58/h3-37H,1-2H3. The summed E-state index contributed by atoms with van der Waals surface area (Å²) >= 11 is 0. The average Bonchev–Trinajstić information content (AvgIpc) is 3.85. The van der Waals surface area contributed by atoms with Crippen molar-refractivity contribution in [3.05, 3.63) is 246 Å². The van der Waals surface area contributed by atoms with Crippen LogP contribution in [0.3, 0.4) is 0 Å². The number of nitrogens with zero attached hydrogens (tertiary/aromatic N) is 1. The summed E-state index contributed by atoms with van der Waals surface area (Å²) in [6, 6.07) is 79.1. The third kappa shape index (κ3) is 4.79. The van der Waals surface area contributed by atoms with Gasteiger partial charge in [0.05, 0.1) is 5.41 Å². The largest absolute Gasteiger partial charge is 0.310 e. The lowest BCUT2D eigenvalue weighted by atomic mass is 9.70. The van der Waals surface area contributed by atoms with Crippen LogP contribution in [0.5, 0.6) is 0 Å². The molecule has 0 heterocycles. The maximum absolute atomic E-state index is 2.49. The van der Waals surface area contributed by atoms with E-state index in [0.29, 0.717) is 0 Å². The van der Waals surface area contributed by atoms with Crippen molar-refractivity contribution in [2.45, 2.75) is 24.7 Å². The molecule has 3 aliphatic rings. The van der Waals surface area contributed by atoms with E-state index >= 15 is 0 Å². The molecular formula is C58H41N. The van der Waals surface area contributed by atoms with Gasteiger partial charge < -0.3 is 4.90 Å². The molecule has 0 bridgehead atoms. The number of hydrogen-bond acceptors (Lipinski definition) is 1. The van der Waals surface area contributed by atoms with E-state index in [2.05, 4.69) is 231 Å². The SMILES string of the molecule is CC1(C)c2cc(-c3ccc(-c4ccccc4)cc3)ccc2-c2ccc(N(c3ccccc3)c3ccc4c(c3)C3(c5ccccc5-c5ccccc53)c3ccccc3-4)cc21. The summed E-state index contributed by atoms with van der Waals surface area (Å²) in [5.41, 5.74) is 23.9. The van der Waals surface area contributed by atoms with Crippen LogP contribution in [0.25, 0.3) is 55.6 Å². The predicted octanol–water partition coefficient (Wildman–Crippen LogP) is 15.1. The summed E-state index contributed by atoms with van der Waals surface area (Å²) in [7, 11) is 0. The second-order valence-corrected chi connectivity index (χ2v) is 16.8. The van der Waals surface area contributed by atoms with Gasteiger partial charge in [0.1, 0.15) is 0 Å². The van der Waals surface area contributed by atoms with Crippen molar-refractivity contribution < 1.29 is 0 Å². The normalized spacial score (nSPS) is 14.2. The lowest BCUT2D eigenvalue weighted by Gasteiger charge is -2.32. The van der Waals surface area contributed by atoms with Crippen LogP contribution < -0.4 is 4.90 Å². The topological polar surface area (TPSA) is 3.24 Å². The number of rotatable bonds is 5. The van der Waals surface area contributed by atoms with Crippen LogP contribution in [-0.4, -0.2) is 0 Å². The minimum Gasteiger partial charge on any atom is -0.310 e. The number of benzene rings is 9. The minimum atomic E-state index is -0.404. The lowest BCUT2D eigenvalue weighted by molar-refractivity contribution is 0.660. The lowest BCUT2D eigenvalue weighted by Crippen LogP contribution is -2.26. The number of anilines is 3. The number of hydrogen-bond donors (Lipinski definition) is 0. The molecule has 1 heteroatoms. The van der Waals surface area contributed by atoms with Crippen LogP contribution in [0.2, 0.25) is 0 Å². The summed E-state index contributed by atoms with van der Waals surface area (Å²) in [6.07, 6.45) is 0. The van der Waals surface area contributed by atoms with Crippen molar-refractivity contribution in [3.8, 4) is 55.6 Å². The monoisotopic (exact) mass is 751 g/mol. The van der Waals surface area contributed by atoms with Crippen LogP contribution in [0, 0.1) is 0 Å². The first-order valence-corrected chi connectivity index (χ1v) is 20.8. The van der Waals surface area contributed by atoms with E-state index in [-0.39, 0.29) is 5.41 Å². The quantitative estimate of drug-likeness (QED) is 0.169. The molecule has 0 radical (unpaired) electrons. The molecule has 9 aromatic rings. The Hall–Kier alpha value is -7.22. The molecule has 59 heavy (non-hydrogen) atoms. The molecule has 0 saturated carbocycles. The first kappa shape index (κ1) is 33.9. The second kappa shape index (κ2) is 12.6. The highest BCUT2D eigenvalue weighted by Gasteiger charge is 2.51. The minimum absolute atomic E-state index is 0.191. The molecular weight excluding hydrogens is 711 g/mol. The highest BCUT2D eigenvalue weighted by Crippen LogP contribution is 2.63. The van der Waals surface area contributed by atoms with Crippen molar-refractivity contribution in [1.29, 1.82) is 0 Å². The third-order valence-electron chi connectivity index (χ3n) is 13.5. The summed E-state index contributed by atoms with van der Waals surface area (Å²) in [4.78, 5) is 2.46. The van der Waals surface area contributed by atoms with E-state index in [4.69, 9.17) is 0 Å². The molecule has 9 aromatic carbocycles. The fourth-order valence-electron chi connectivity index (χ4n) is 10.8. The maximum atomic E-state index is 2.49. The van der Waals surface area contributed by atoms with Crippen LogP contribution >= 0.6 is 0 Å². The summed E-state index contributed by atoms with van der Waals surface area (Å²) < 4.78 is 0. The summed E-state index contributed by atoms with van der Waals surface area (Å²) in [5, 5.41) is 0. The molecule has 0 amide bonds. The Morgan fingerprint density at radius 3 is 1.20 bits per heavy atom. The molecule has 12 rings (SSSR count). The van der Waals surface area contributed by atoms with E-state index in [9.17, 15) is 0 Å². The van der Waals surface area contributed by atoms with E-state index in [1.807, 2.05) is 0 Å². The Morgan fingerprint density at radius 1 is 0.271 bits per heavy atom. The Bertz CT molecular complexity index is 3050. The second-order valence-electron chi connectivity index (χ2n) is 16.8. The van der Waals surface area contributed by atoms with Gasteiger partial charge in [0.25, 0.3) is 0 Å². The Kier molecular flexibility index (Phi) is 7.26. The molecule has 0 aliphatic heterocycles. The van der Waals surface area contributed by atoms with Gasteiger partial charge in [0.2, 0.25) is 0 Å². The highest BCUT2D eigenvalue weighted by molar-refractivity contribution is 5.96. The van der Waals surface area contributed by atoms with Crippen molar-refractivity contribution in [2.24, 2.45) is 0 Å². The van der Waals surface area contributed by atoms with Gasteiger partial charge in [0, 0.05) is 22.5 Å². The van der Waals surface area contributed by atoms with Crippen molar-refractivity contribution >= 4 is 17.1 Å². The molecule has 0 saturated heterocycles. The Balaban J connectivity index is 0.987. The smallest absolute Gasteiger partial charge is 0.0726 e. The van der Waals surface area contributed by atoms with Crippen LogP contribution in [-0.2, 0) is 10.8 Å². The fourth-order valence-corrected chi connectivity index (χ4v) is 10.8.